The van der Waals surface area contributed by atoms with E-state index in [1.807, 2.05) is 20.8 Å². The average molecular weight is 208 g/mol. The Hall–Kier alpha value is -1.16. The van der Waals surface area contributed by atoms with Gasteiger partial charge in [0.2, 0.25) is 0 Å². The van der Waals surface area contributed by atoms with Gasteiger partial charge in [0, 0.05) is 11.9 Å². The molecule has 14 heavy (non-hydrogen) atoms. The van der Waals surface area contributed by atoms with Crippen molar-refractivity contribution in [2.24, 2.45) is 7.05 Å². The Bertz CT molecular complexity index is 565. The SMILES string of the molecule is Cc1sc2c(=O)n(C)c(C)nc2c1C. The molecule has 4 heteroatoms. The van der Waals surface area contributed by atoms with E-state index in [-0.39, 0.29) is 5.56 Å². The molecule has 2 heterocycles. The maximum atomic E-state index is 11.8. The first-order valence-corrected chi connectivity index (χ1v) is 5.27. The molecule has 0 aromatic carbocycles. The van der Waals surface area contributed by atoms with E-state index in [0.717, 1.165) is 21.6 Å². The van der Waals surface area contributed by atoms with Crippen molar-refractivity contribution in [2.45, 2.75) is 20.8 Å². The molecule has 0 bridgehead atoms. The summed E-state index contributed by atoms with van der Waals surface area (Å²) in [5.41, 5.74) is 2.06. The molecule has 0 atom stereocenters. The van der Waals surface area contributed by atoms with Crippen molar-refractivity contribution in [3.05, 3.63) is 26.6 Å². The zero-order valence-corrected chi connectivity index (χ0v) is 9.53. The molecular weight excluding hydrogens is 196 g/mol. The highest BCUT2D eigenvalue weighted by atomic mass is 32.1. The van der Waals surface area contributed by atoms with E-state index in [1.54, 1.807) is 11.6 Å². The quantitative estimate of drug-likeness (QED) is 0.663. The predicted molar refractivity (Wildman–Crippen MR) is 59.1 cm³/mol. The minimum atomic E-state index is 0.0636. The number of nitrogens with zero attached hydrogens (tertiary/aromatic N) is 2. The molecule has 2 aromatic heterocycles. The van der Waals surface area contributed by atoms with Gasteiger partial charge in [0.1, 0.15) is 10.5 Å². The molecule has 0 aliphatic rings. The molecular formula is C10H12N2OS. The minimum absolute atomic E-state index is 0.0636. The zero-order chi connectivity index (χ0) is 10.5. The van der Waals surface area contributed by atoms with Crippen LogP contribution in [-0.2, 0) is 7.05 Å². The third kappa shape index (κ3) is 1.10. The van der Waals surface area contributed by atoms with Crippen LogP contribution >= 0.6 is 11.3 Å². The molecule has 0 amide bonds. The van der Waals surface area contributed by atoms with Gasteiger partial charge in [0.15, 0.2) is 0 Å². The number of hydrogen-bond acceptors (Lipinski definition) is 3. The number of rotatable bonds is 0. The van der Waals surface area contributed by atoms with Gasteiger partial charge in [-0.25, -0.2) is 4.98 Å². The second kappa shape index (κ2) is 2.92. The standard InChI is InChI=1S/C10H12N2OS/c1-5-6(2)14-9-8(5)11-7(3)12(4)10(9)13/h1-4H3. The molecule has 2 rings (SSSR count). The summed E-state index contributed by atoms with van der Waals surface area (Å²) in [4.78, 5) is 17.5. The molecule has 0 radical (unpaired) electrons. The topological polar surface area (TPSA) is 34.9 Å². The second-order valence-electron chi connectivity index (χ2n) is 3.48. The summed E-state index contributed by atoms with van der Waals surface area (Å²) >= 11 is 1.53. The van der Waals surface area contributed by atoms with Gasteiger partial charge < -0.3 is 0 Å². The van der Waals surface area contributed by atoms with Gasteiger partial charge in [-0.05, 0) is 26.3 Å². The smallest absolute Gasteiger partial charge is 0.271 e. The van der Waals surface area contributed by atoms with Crippen molar-refractivity contribution in [1.29, 1.82) is 0 Å². The van der Waals surface area contributed by atoms with Gasteiger partial charge in [-0.1, -0.05) is 0 Å². The van der Waals surface area contributed by atoms with Crippen LogP contribution in [0.3, 0.4) is 0 Å². The first kappa shape index (κ1) is 9.40. The van der Waals surface area contributed by atoms with Gasteiger partial charge in [-0.15, -0.1) is 11.3 Å². The Morgan fingerprint density at radius 3 is 2.57 bits per heavy atom. The molecule has 0 aliphatic heterocycles. The Labute approximate surface area is 86.0 Å². The Morgan fingerprint density at radius 1 is 1.29 bits per heavy atom. The van der Waals surface area contributed by atoms with E-state index < -0.39 is 0 Å². The number of aryl methyl sites for hydroxylation is 3. The maximum absolute atomic E-state index is 11.8. The monoisotopic (exact) mass is 208 g/mol. The Balaban J connectivity index is 3.06. The van der Waals surface area contributed by atoms with Crippen LogP contribution in [0.4, 0.5) is 0 Å². The maximum Gasteiger partial charge on any atom is 0.271 e. The first-order valence-electron chi connectivity index (χ1n) is 4.45. The van der Waals surface area contributed by atoms with Crippen LogP contribution in [-0.4, -0.2) is 9.55 Å². The fourth-order valence-corrected chi connectivity index (χ4v) is 2.51. The first-order chi connectivity index (χ1) is 6.52. The Kier molecular flexibility index (Phi) is 1.96. The molecule has 0 saturated heterocycles. The van der Waals surface area contributed by atoms with Gasteiger partial charge in [0.25, 0.3) is 5.56 Å². The highest BCUT2D eigenvalue weighted by molar-refractivity contribution is 7.19. The average Bonchev–Trinajstić information content (AvgIpc) is 2.42. The lowest BCUT2D eigenvalue weighted by molar-refractivity contribution is 0.794. The summed E-state index contributed by atoms with van der Waals surface area (Å²) in [5.74, 6) is 0.767. The van der Waals surface area contributed by atoms with Crippen molar-refractivity contribution < 1.29 is 0 Å². The number of thiophene rings is 1. The third-order valence-corrected chi connectivity index (χ3v) is 3.80. The molecule has 0 aliphatic carbocycles. The number of hydrogen-bond donors (Lipinski definition) is 0. The van der Waals surface area contributed by atoms with Gasteiger partial charge >= 0.3 is 0 Å². The summed E-state index contributed by atoms with van der Waals surface area (Å²) in [6.45, 7) is 5.89. The molecule has 0 saturated carbocycles. The fraction of sp³-hybridized carbons (Fsp3) is 0.400. The van der Waals surface area contributed by atoms with Crippen molar-refractivity contribution in [1.82, 2.24) is 9.55 Å². The molecule has 0 fully saturated rings. The van der Waals surface area contributed by atoms with E-state index in [9.17, 15) is 4.79 Å². The lowest BCUT2D eigenvalue weighted by Crippen LogP contribution is -2.19. The van der Waals surface area contributed by atoms with Crippen molar-refractivity contribution >= 4 is 21.6 Å². The van der Waals surface area contributed by atoms with E-state index in [1.165, 1.54) is 16.2 Å². The van der Waals surface area contributed by atoms with Crippen LogP contribution < -0.4 is 5.56 Å². The van der Waals surface area contributed by atoms with E-state index in [2.05, 4.69) is 4.98 Å². The lowest BCUT2D eigenvalue weighted by atomic mass is 10.2. The van der Waals surface area contributed by atoms with Crippen LogP contribution in [0, 0.1) is 20.8 Å². The zero-order valence-electron chi connectivity index (χ0n) is 8.71. The van der Waals surface area contributed by atoms with Crippen molar-refractivity contribution in [3.63, 3.8) is 0 Å². The normalized spacial score (nSPS) is 11.1. The molecule has 0 spiro atoms. The van der Waals surface area contributed by atoms with Crippen LogP contribution in [0.2, 0.25) is 0 Å². The van der Waals surface area contributed by atoms with Crippen LogP contribution in [0.25, 0.3) is 10.2 Å². The van der Waals surface area contributed by atoms with E-state index in [4.69, 9.17) is 0 Å². The molecule has 3 nitrogen and oxygen atoms in total. The molecule has 2 aromatic rings. The van der Waals surface area contributed by atoms with Gasteiger partial charge in [-0.2, -0.15) is 0 Å². The second-order valence-corrected chi connectivity index (χ2v) is 4.71. The van der Waals surface area contributed by atoms with Crippen molar-refractivity contribution in [3.8, 4) is 0 Å². The highest BCUT2D eigenvalue weighted by Crippen LogP contribution is 2.25. The Morgan fingerprint density at radius 2 is 1.93 bits per heavy atom. The number of fused-ring (bicyclic) bond motifs is 1. The van der Waals surface area contributed by atoms with E-state index in [0.29, 0.717) is 0 Å². The fourth-order valence-electron chi connectivity index (χ4n) is 1.43. The predicted octanol–water partition coefficient (Wildman–Crippen LogP) is 1.92. The molecule has 0 N–H and O–H groups in total. The summed E-state index contributed by atoms with van der Waals surface area (Å²) in [6.07, 6.45) is 0. The largest absolute Gasteiger partial charge is 0.299 e. The van der Waals surface area contributed by atoms with Gasteiger partial charge in [-0.3, -0.25) is 9.36 Å². The minimum Gasteiger partial charge on any atom is -0.299 e. The highest BCUT2D eigenvalue weighted by Gasteiger charge is 2.11. The summed E-state index contributed by atoms with van der Waals surface area (Å²) in [6, 6.07) is 0. The van der Waals surface area contributed by atoms with E-state index >= 15 is 0 Å². The van der Waals surface area contributed by atoms with Crippen LogP contribution in [0.15, 0.2) is 4.79 Å². The summed E-state index contributed by atoms with van der Waals surface area (Å²) < 4.78 is 2.37. The lowest BCUT2D eigenvalue weighted by Gasteiger charge is -2.01. The molecule has 74 valence electrons. The summed E-state index contributed by atoms with van der Waals surface area (Å²) in [7, 11) is 1.76. The van der Waals surface area contributed by atoms with Crippen LogP contribution in [0.5, 0.6) is 0 Å². The number of aromatic nitrogens is 2. The molecule has 0 unspecified atom stereocenters. The summed E-state index contributed by atoms with van der Waals surface area (Å²) in [5, 5.41) is 0. The van der Waals surface area contributed by atoms with Crippen LogP contribution in [0.1, 0.15) is 16.3 Å². The van der Waals surface area contributed by atoms with Gasteiger partial charge in [0.05, 0.1) is 5.52 Å². The third-order valence-electron chi connectivity index (χ3n) is 2.61. The van der Waals surface area contributed by atoms with Crippen molar-refractivity contribution in [2.75, 3.05) is 0 Å².